The van der Waals surface area contributed by atoms with Crippen molar-refractivity contribution in [2.75, 3.05) is 11.1 Å². The summed E-state index contributed by atoms with van der Waals surface area (Å²) in [4.78, 5) is 21.0. The topological polar surface area (TPSA) is 105 Å². The lowest BCUT2D eigenvalue weighted by Gasteiger charge is -2.11. The Hall–Kier alpha value is -3.46. The zero-order chi connectivity index (χ0) is 19.0. The van der Waals surface area contributed by atoms with Crippen LogP contribution in [0, 0.1) is 23.2 Å². The number of hydrogen-bond acceptors (Lipinski definition) is 5. The molecule has 6 nitrogen and oxygen atoms in total. The Bertz CT molecular complexity index is 1090. The van der Waals surface area contributed by atoms with Crippen LogP contribution in [0.3, 0.4) is 0 Å². The van der Waals surface area contributed by atoms with Gasteiger partial charge >= 0.3 is 0 Å². The Morgan fingerprint density at radius 3 is 2.93 bits per heavy atom. The van der Waals surface area contributed by atoms with Gasteiger partial charge in [0.2, 0.25) is 5.91 Å². The standard InChI is InChI=1S/C21H19N5O/c1-2-12-5-3-4-6-15(12)18-8-13-9-19(24-11-17(13)20(23)25-18)26-21(27)16-7-14(16)10-22/h3-6,8-9,11,14,16H,2,7H2,1H3,(H2,23,25)(H,24,26,27). The fourth-order valence-corrected chi connectivity index (χ4v) is 3.31. The van der Waals surface area contributed by atoms with Crippen LogP contribution in [0.5, 0.6) is 0 Å². The first-order valence-electron chi connectivity index (χ1n) is 8.95. The molecule has 4 rings (SSSR count). The van der Waals surface area contributed by atoms with Crippen molar-refractivity contribution in [2.45, 2.75) is 19.8 Å². The first-order valence-corrected chi connectivity index (χ1v) is 8.95. The van der Waals surface area contributed by atoms with E-state index in [-0.39, 0.29) is 17.7 Å². The predicted octanol–water partition coefficient (Wildman–Crippen LogP) is 3.54. The summed E-state index contributed by atoms with van der Waals surface area (Å²) in [6.07, 6.45) is 3.14. The van der Waals surface area contributed by atoms with Gasteiger partial charge in [0.15, 0.2) is 0 Å². The summed E-state index contributed by atoms with van der Waals surface area (Å²) in [5.74, 6) is 0.290. The minimum atomic E-state index is -0.234. The van der Waals surface area contributed by atoms with Crippen molar-refractivity contribution in [3.05, 3.63) is 48.2 Å². The van der Waals surface area contributed by atoms with Crippen molar-refractivity contribution in [1.29, 1.82) is 5.26 Å². The number of nitrogens with two attached hydrogens (primary N) is 1. The normalized spacial score (nSPS) is 18.1. The van der Waals surface area contributed by atoms with Crippen LogP contribution >= 0.6 is 0 Å². The van der Waals surface area contributed by atoms with Crippen molar-refractivity contribution >= 4 is 28.3 Å². The van der Waals surface area contributed by atoms with Gasteiger partial charge in [-0.2, -0.15) is 5.26 Å². The Morgan fingerprint density at radius 1 is 1.37 bits per heavy atom. The maximum atomic E-state index is 12.2. The van der Waals surface area contributed by atoms with Crippen LogP contribution in [0.1, 0.15) is 18.9 Å². The number of aromatic nitrogens is 2. The number of rotatable bonds is 4. The van der Waals surface area contributed by atoms with Gasteiger partial charge < -0.3 is 11.1 Å². The van der Waals surface area contributed by atoms with Crippen LogP contribution in [0.25, 0.3) is 22.0 Å². The lowest BCUT2D eigenvalue weighted by Crippen LogP contribution is -2.15. The molecule has 0 bridgehead atoms. The second-order valence-electron chi connectivity index (χ2n) is 6.76. The number of nitrogens with one attached hydrogen (secondary N) is 1. The van der Waals surface area contributed by atoms with Crippen molar-refractivity contribution in [1.82, 2.24) is 9.97 Å². The highest BCUT2D eigenvalue weighted by Crippen LogP contribution is 2.38. The van der Waals surface area contributed by atoms with E-state index in [0.717, 1.165) is 28.5 Å². The average molecular weight is 357 g/mol. The Labute approximate surface area is 157 Å². The smallest absolute Gasteiger partial charge is 0.230 e. The first-order chi connectivity index (χ1) is 13.1. The van der Waals surface area contributed by atoms with Crippen LogP contribution in [0.4, 0.5) is 11.6 Å². The van der Waals surface area contributed by atoms with Gasteiger partial charge in [-0.3, -0.25) is 4.79 Å². The molecule has 0 aliphatic heterocycles. The molecule has 0 saturated heterocycles. The van der Waals surface area contributed by atoms with E-state index < -0.39 is 0 Å². The quantitative estimate of drug-likeness (QED) is 0.743. The second-order valence-corrected chi connectivity index (χ2v) is 6.76. The zero-order valence-electron chi connectivity index (χ0n) is 14.9. The van der Waals surface area contributed by atoms with Gasteiger partial charge in [0.1, 0.15) is 11.6 Å². The summed E-state index contributed by atoms with van der Waals surface area (Å²) in [7, 11) is 0. The average Bonchev–Trinajstić information content (AvgIpc) is 3.47. The van der Waals surface area contributed by atoms with Crippen LogP contribution < -0.4 is 11.1 Å². The van der Waals surface area contributed by atoms with E-state index in [1.54, 1.807) is 12.3 Å². The zero-order valence-corrected chi connectivity index (χ0v) is 14.9. The Morgan fingerprint density at radius 2 is 2.19 bits per heavy atom. The van der Waals surface area contributed by atoms with E-state index in [1.807, 2.05) is 24.3 Å². The Balaban J connectivity index is 1.70. The first kappa shape index (κ1) is 17.0. The van der Waals surface area contributed by atoms with E-state index in [0.29, 0.717) is 18.1 Å². The molecule has 1 fully saturated rings. The minimum Gasteiger partial charge on any atom is -0.383 e. The van der Waals surface area contributed by atoms with Crippen LogP contribution in [-0.2, 0) is 11.2 Å². The van der Waals surface area contributed by atoms with Crippen LogP contribution in [0.15, 0.2) is 42.6 Å². The predicted molar refractivity (Wildman–Crippen MR) is 105 cm³/mol. The molecule has 1 aliphatic carbocycles. The third-order valence-electron chi connectivity index (χ3n) is 4.96. The summed E-state index contributed by atoms with van der Waals surface area (Å²) < 4.78 is 0. The molecule has 2 atom stereocenters. The molecule has 134 valence electrons. The van der Waals surface area contributed by atoms with Gasteiger partial charge in [0.05, 0.1) is 23.6 Å². The van der Waals surface area contributed by atoms with Gasteiger partial charge in [-0.1, -0.05) is 31.2 Å². The molecule has 0 radical (unpaired) electrons. The number of fused-ring (bicyclic) bond motifs is 1. The maximum Gasteiger partial charge on any atom is 0.230 e. The number of nitrogens with zero attached hydrogens (tertiary/aromatic N) is 3. The van der Waals surface area contributed by atoms with E-state index in [2.05, 4.69) is 34.3 Å². The summed E-state index contributed by atoms with van der Waals surface area (Å²) in [6, 6.07) is 14.0. The number of anilines is 2. The van der Waals surface area contributed by atoms with E-state index >= 15 is 0 Å². The number of nitriles is 1. The van der Waals surface area contributed by atoms with Gasteiger partial charge in [-0.25, -0.2) is 9.97 Å². The molecule has 1 amide bonds. The number of pyridine rings is 2. The second kappa shape index (κ2) is 6.69. The highest BCUT2D eigenvalue weighted by Gasteiger charge is 2.43. The number of aryl methyl sites for hydroxylation is 1. The molecule has 6 heteroatoms. The molecule has 2 heterocycles. The minimum absolute atomic E-state index is 0.160. The molecular formula is C21H19N5O. The number of carbonyl (C=O) groups is 1. The molecular weight excluding hydrogens is 338 g/mol. The maximum absolute atomic E-state index is 12.2. The highest BCUT2D eigenvalue weighted by molar-refractivity contribution is 5.98. The SMILES string of the molecule is CCc1ccccc1-c1cc2cc(NC(=O)C3CC3C#N)ncc2c(N)n1. The monoisotopic (exact) mass is 357 g/mol. The largest absolute Gasteiger partial charge is 0.383 e. The molecule has 3 N–H and O–H groups in total. The van der Waals surface area contributed by atoms with Crippen molar-refractivity contribution in [3.8, 4) is 17.3 Å². The summed E-state index contributed by atoms with van der Waals surface area (Å²) in [5, 5.41) is 13.3. The molecule has 3 aromatic rings. The fourth-order valence-electron chi connectivity index (χ4n) is 3.31. The highest BCUT2D eigenvalue weighted by atomic mass is 16.2. The number of nitrogen functional groups attached to an aromatic ring is 1. The lowest BCUT2D eigenvalue weighted by molar-refractivity contribution is -0.117. The lowest BCUT2D eigenvalue weighted by atomic mass is 10.0. The van der Waals surface area contributed by atoms with E-state index in [4.69, 9.17) is 11.0 Å². The fraction of sp³-hybridized carbons (Fsp3) is 0.238. The van der Waals surface area contributed by atoms with Gasteiger partial charge in [0, 0.05) is 17.1 Å². The van der Waals surface area contributed by atoms with Gasteiger partial charge in [-0.15, -0.1) is 0 Å². The summed E-state index contributed by atoms with van der Waals surface area (Å²) in [5.41, 5.74) is 9.20. The van der Waals surface area contributed by atoms with Crippen molar-refractivity contribution < 1.29 is 4.79 Å². The third-order valence-corrected chi connectivity index (χ3v) is 4.96. The van der Waals surface area contributed by atoms with Gasteiger partial charge in [-0.05, 0) is 35.9 Å². The molecule has 1 aliphatic rings. The molecule has 2 unspecified atom stereocenters. The van der Waals surface area contributed by atoms with Crippen molar-refractivity contribution in [2.24, 2.45) is 11.8 Å². The molecule has 1 aromatic carbocycles. The number of carbonyl (C=O) groups excluding carboxylic acids is 1. The summed E-state index contributed by atoms with van der Waals surface area (Å²) in [6.45, 7) is 2.10. The van der Waals surface area contributed by atoms with Gasteiger partial charge in [0.25, 0.3) is 0 Å². The van der Waals surface area contributed by atoms with Crippen molar-refractivity contribution in [3.63, 3.8) is 0 Å². The number of hydrogen-bond donors (Lipinski definition) is 2. The Kier molecular flexibility index (Phi) is 4.21. The van der Waals surface area contributed by atoms with E-state index in [9.17, 15) is 4.79 Å². The molecule has 2 aromatic heterocycles. The van der Waals surface area contributed by atoms with Crippen LogP contribution in [-0.4, -0.2) is 15.9 Å². The summed E-state index contributed by atoms with van der Waals surface area (Å²) >= 11 is 0. The number of benzene rings is 1. The van der Waals surface area contributed by atoms with Crippen LogP contribution in [0.2, 0.25) is 0 Å². The molecule has 0 spiro atoms. The third kappa shape index (κ3) is 3.20. The number of amides is 1. The molecule has 1 saturated carbocycles. The molecule has 27 heavy (non-hydrogen) atoms. The van der Waals surface area contributed by atoms with E-state index in [1.165, 1.54) is 5.56 Å².